The molecule has 1 N–H and O–H groups in total. The molecule has 1 aromatic heterocycles. The normalized spacial score (nSPS) is 10.2. The lowest BCUT2D eigenvalue weighted by molar-refractivity contribution is -0.115. The third kappa shape index (κ3) is 4.68. The summed E-state index contributed by atoms with van der Waals surface area (Å²) in [5.41, 5.74) is 2.05. The number of anilines is 1. The van der Waals surface area contributed by atoms with Gasteiger partial charge in [-0.25, -0.2) is 4.98 Å². The van der Waals surface area contributed by atoms with Crippen LogP contribution in [0.3, 0.4) is 0 Å². The largest absolute Gasteiger partial charge is 0.489 e. The van der Waals surface area contributed by atoms with E-state index in [1.807, 2.05) is 60.7 Å². The summed E-state index contributed by atoms with van der Waals surface area (Å²) in [4.78, 5) is 16.2. The van der Waals surface area contributed by atoms with Crippen molar-refractivity contribution in [2.45, 2.75) is 13.0 Å². The van der Waals surface area contributed by atoms with Crippen LogP contribution in [0.4, 0.5) is 5.82 Å². The number of ether oxygens (including phenoxy) is 1. The third-order valence-corrected chi connectivity index (χ3v) is 3.45. The zero-order valence-electron chi connectivity index (χ0n) is 13.2. The Balaban J connectivity index is 1.57. The van der Waals surface area contributed by atoms with E-state index in [4.69, 9.17) is 4.74 Å². The van der Waals surface area contributed by atoms with Crippen LogP contribution in [0.15, 0.2) is 79.0 Å². The van der Waals surface area contributed by atoms with Crippen LogP contribution in [0.5, 0.6) is 5.75 Å². The van der Waals surface area contributed by atoms with Crippen molar-refractivity contribution in [2.24, 2.45) is 0 Å². The van der Waals surface area contributed by atoms with Gasteiger partial charge in [-0.05, 0) is 17.2 Å². The topological polar surface area (TPSA) is 51.2 Å². The van der Waals surface area contributed by atoms with E-state index < -0.39 is 0 Å². The minimum Gasteiger partial charge on any atom is -0.489 e. The van der Waals surface area contributed by atoms with Crippen molar-refractivity contribution < 1.29 is 9.53 Å². The number of nitrogens with zero attached hydrogens (tertiary/aromatic N) is 1. The molecule has 3 aromatic rings. The molecule has 0 atom stereocenters. The molecule has 1 heterocycles. The van der Waals surface area contributed by atoms with Crippen molar-refractivity contribution in [3.63, 3.8) is 0 Å². The Kier molecular flexibility index (Phi) is 5.20. The number of nitrogens with one attached hydrogen (secondary N) is 1. The van der Waals surface area contributed by atoms with Gasteiger partial charge < -0.3 is 10.1 Å². The monoisotopic (exact) mass is 318 g/mol. The highest BCUT2D eigenvalue weighted by Gasteiger charge is 2.06. The molecule has 120 valence electrons. The molecule has 4 nitrogen and oxygen atoms in total. The number of hydrogen-bond donors (Lipinski definition) is 1. The van der Waals surface area contributed by atoms with Gasteiger partial charge in [-0.1, -0.05) is 60.7 Å². The average molecular weight is 318 g/mol. The van der Waals surface area contributed by atoms with E-state index in [1.165, 1.54) is 0 Å². The molecule has 0 fully saturated rings. The summed E-state index contributed by atoms with van der Waals surface area (Å²) in [6.07, 6.45) is 1.94. The maximum atomic E-state index is 12.1. The second-order valence-electron chi connectivity index (χ2n) is 5.36. The molecular formula is C20H18N2O2. The molecule has 0 saturated carbocycles. The highest BCUT2D eigenvalue weighted by Crippen LogP contribution is 2.16. The maximum absolute atomic E-state index is 12.1. The van der Waals surface area contributed by atoms with E-state index in [0.717, 1.165) is 11.1 Å². The van der Waals surface area contributed by atoms with Crippen LogP contribution >= 0.6 is 0 Å². The van der Waals surface area contributed by atoms with Crippen LogP contribution in [0.2, 0.25) is 0 Å². The van der Waals surface area contributed by atoms with Gasteiger partial charge in [0.2, 0.25) is 5.91 Å². The first kappa shape index (κ1) is 15.7. The zero-order valence-corrected chi connectivity index (χ0v) is 13.2. The van der Waals surface area contributed by atoms with Crippen molar-refractivity contribution in [2.75, 3.05) is 5.32 Å². The Morgan fingerprint density at radius 2 is 1.58 bits per heavy atom. The quantitative estimate of drug-likeness (QED) is 0.751. The summed E-state index contributed by atoms with van der Waals surface area (Å²) in [5.74, 6) is 1.05. The fourth-order valence-corrected chi connectivity index (χ4v) is 2.28. The standard InChI is InChI=1S/C20H18N2O2/c23-20(13-16-7-3-1-4-8-16)22-19-14-18(11-12-21-19)24-15-17-9-5-2-6-10-17/h1-12,14H,13,15H2,(H,21,22,23). The highest BCUT2D eigenvalue weighted by molar-refractivity contribution is 5.91. The number of carbonyl (C=O) groups is 1. The van der Waals surface area contributed by atoms with E-state index >= 15 is 0 Å². The van der Waals surface area contributed by atoms with Crippen LogP contribution in [-0.4, -0.2) is 10.9 Å². The molecule has 0 spiro atoms. The summed E-state index contributed by atoms with van der Waals surface area (Å²) in [6, 6.07) is 23.0. The Morgan fingerprint density at radius 1 is 0.917 bits per heavy atom. The van der Waals surface area contributed by atoms with Crippen molar-refractivity contribution in [3.8, 4) is 5.75 Å². The fraction of sp³-hybridized carbons (Fsp3) is 0.100. The van der Waals surface area contributed by atoms with E-state index in [-0.39, 0.29) is 5.91 Å². The average Bonchev–Trinajstić information content (AvgIpc) is 2.62. The molecule has 24 heavy (non-hydrogen) atoms. The first-order valence-corrected chi connectivity index (χ1v) is 7.76. The maximum Gasteiger partial charge on any atom is 0.229 e. The van der Waals surface area contributed by atoms with E-state index in [1.54, 1.807) is 18.3 Å². The van der Waals surface area contributed by atoms with Crippen LogP contribution < -0.4 is 10.1 Å². The minimum atomic E-state index is -0.103. The summed E-state index contributed by atoms with van der Waals surface area (Å²) < 4.78 is 5.74. The molecule has 0 radical (unpaired) electrons. The van der Waals surface area contributed by atoms with Crippen LogP contribution in [-0.2, 0) is 17.8 Å². The van der Waals surface area contributed by atoms with Crippen molar-refractivity contribution >= 4 is 11.7 Å². The van der Waals surface area contributed by atoms with Gasteiger partial charge in [-0.2, -0.15) is 0 Å². The molecule has 0 aliphatic carbocycles. The Labute approximate surface area is 141 Å². The van der Waals surface area contributed by atoms with Gasteiger partial charge in [0.25, 0.3) is 0 Å². The highest BCUT2D eigenvalue weighted by atomic mass is 16.5. The molecular weight excluding hydrogens is 300 g/mol. The molecule has 4 heteroatoms. The fourth-order valence-electron chi connectivity index (χ4n) is 2.28. The van der Waals surface area contributed by atoms with Gasteiger partial charge in [0.15, 0.2) is 0 Å². The number of carbonyl (C=O) groups excluding carboxylic acids is 1. The van der Waals surface area contributed by atoms with Gasteiger partial charge >= 0.3 is 0 Å². The summed E-state index contributed by atoms with van der Waals surface area (Å²) in [5, 5.41) is 2.80. The molecule has 0 saturated heterocycles. The van der Waals surface area contributed by atoms with E-state index in [2.05, 4.69) is 10.3 Å². The van der Waals surface area contributed by atoms with E-state index in [0.29, 0.717) is 24.6 Å². The van der Waals surface area contributed by atoms with Gasteiger partial charge in [-0.15, -0.1) is 0 Å². The van der Waals surface area contributed by atoms with Crippen molar-refractivity contribution in [3.05, 3.63) is 90.1 Å². The number of hydrogen-bond acceptors (Lipinski definition) is 3. The molecule has 0 aliphatic rings. The first-order valence-electron chi connectivity index (χ1n) is 7.76. The third-order valence-electron chi connectivity index (χ3n) is 3.45. The van der Waals surface area contributed by atoms with Crippen molar-refractivity contribution in [1.29, 1.82) is 0 Å². The number of pyridine rings is 1. The van der Waals surface area contributed by atoms with Crippen molar-refractivity contribution in [1.82, 2.24) is 4.98 Å². The lowest BCUT2D eigenvalue weighted by atomic mass is 10.1. The molecule has 0 bridgehead atoms. The van der Waals surface area contributed by atoms with Gasteiger partial charge in [-0.3, -0.25) is 4.79 Å². The van der Waals surface area contributed by atoms with Gasteiger partial charge in [0.1, 0.15) is 18.2 Å². The van der Waals surface area contributed by atoms with Crippen LogP contribution in [0.25, 0.3) is 0 Å². The van der Waals surface area contributed by atoms with Gasteiger partial charge in [0, 0.05) is 12.3 Å². The molecule has 0 unspecified atom stereocenters. The molecule has 2 aromatic carbocycles. The molecule has 0 aliphatic heterocycles. The predicted octanol–water partition coefficient (Wildman–Crippen LogP) is 3.84. The Bertz CT molecular complexity index is 789. The van der Waals surface area contributed by atoms with Gasteiger partial charge in [0.05, 0.1) is 6.42 Å². The second-order valence-corrected chi connectivity index (χ2v) is 5.36. The predicted molar refractivity (Wildman–Crippen MR) is 93.8 cm³/mol. The smallest absolute Gasteiger partial charge is 0.229 e. The van der Waals surface area contributed by atoms with Crippen LogP contribution in [0.1, 0.15) is 11.1 Å². The zero-order chi connectivity index (χ0) is 16.6. The van der Waals surface area contributed by atoms with Crippen LogP contribution in [0, 0.1) is 0 Å². The number of aromatic nitrogens is 1. The number of amides is 1. The SMILES string of the molecule is O=C(Cc1ccccc1)Nc1cc(OCc2ccccc2)ccn1. The number of rotatable bonds is 6. The number of benzene rings is 2. The van der Waals surface area contributed by atoms with E-state index in [9.17, 15) is 4.79 Å². The summed E-state index contributed by atoms with van der Waals surface area (Å²) >= 11 is 0. The first-order chi connectivity index (χ1) is 11.8. The summed E-state index contributed by atoms with van der Waals surface area (Å²) in [7, 11) is 0. The lowest BCUT2D eigenvalue weighted by Crippen LogP contribution is -2.15. The minimum absolute atomic E-state index is 0.103. The Morgan fingerprint density at radius 3 is 2.29 bits per heavy atom. The Hall–Kier alpha value is -3.14. The lowest BCUT2D eigenvalue weighted by Gasteiger charge is -2.09. The molecule has 1 amide bonds. The summed E-state index contributed by atoms with van der Waals surface area (Å²) in [6.45, 7) is 0.474. The second kappa shape index (κ2) is 7.92. The molecule has 3 rings (SSSR count).